The van der Waals surface area contributed by atoms with Gasteiger partial charge < -0.3 is 10.1 Å². The van der Waals surface area contributed by atoms with Crippen LogP contribution in [0, 0.1) is 11.6 Å². The fourth-order valence-corrected chi connectivity index (χ4v) is 5.74. The van der Waals surface area contributed by atoms with Gasteiger partial charge in [0, 0.05) is 17.2 Å². The van der Waals surface area contributed by atoms with Gasteiger partial charge in [0.05, 0.1) is 17.3 Å². The molecule has 0 aromatic heterocycles. The number of amides is 1. The number of hydrogen-bond acceptors (Lipinski definition) is 5. The lowest BCUT2D eigenvalue weighted by Crippen LogP contribution is -2.37. The maximum Gasteiger partial charge on any atom is 0.403 e. The molecular weight excluding hydrogens is 491 g/mol. The van der Waals surface area contributed by atoms with E-state index in [2.05, 4.69) is 5.32 Å². The van der Waals surface area contributed by atoms with Crippen LogP contribution in [-0.2, 0) is 14.8 Å². The first-order chi connectivity index (χ1) is 15.2. The minimum Gasteiger partial charge on any atom is -0.493 e. The Kier molecular flexibility index (Phi) is 6.70. The Bertz CT molecular complexity index is 1190. The Balaban J connectivity index is 2.02. The predicted octanol–water partition coefficient (Wildman–Crippen LogP) is 4.17. The lowest BCUT2D eigenvalue weighted by molar-refractivity contribution is -0.155. The topological polar surface area (TPSA) is 98.5 Å². The molecule has 1 aliphatic heterocycles. The van der Waals surface area contributed by atoms with E-state index in [0.29, 0.717) is 11.8 Å². The number of benzene rings is 2. The molecule has 2 aromatic rings. The molecule has 3 N–H and O–H groups in total. The molecule has 0 spiro atoms. The van der Waals surface area contributed by atoms with Crippen molar-refractivity contribution in [2.75, 3.05) is 12.4 Å². The Morgan fingerprint density at radius 1 is 1.24 bits per heavy atom. The number of anilines is 1. The van der Waals surface area contributed by atoms with Crippen molar-refractivity contribution < 1.29 is 39.9 Å². The number of rotatable bonds is 5. The van der Waals surface area contributed by atoms with E-state index in [1.54, 1.807) is 0 Å². The van der Waals surface area contributed by atoms with E-state index in [-0.39, 0.29) is 16.1 Å². The van der Waals surface area contributed by atoms with Crippen molar-refractivity contribution in [3.05, 3.63) is 53.6 Å². The summed E-state index contributed by atoms with van der Waals surface area (Å²) in [6.45, 7) is 0.923. The number of ether oxygens (including phenoxy) is 1. The van der Waals surface area contributed by atoms with Gasteiger partial charge in [-0.05, 0) is 37.6 Å². The largest absolute Gasteiger partial charge is 0.493 e. The molecule has 2 aromatic carbocycles. The van der Waals surface area contributed by atoms with E-state index >= 15 is 0 Å². The lowest BCUT2D eigenvalue weighted by Gasteiger charge is -2.26. The molecule has 0 saturated carbocycles. The number of primary sulfonamides is 1. The summed E-state index contributed by atoms with van der Waals surface area (Å²) in [5.74, 6) is -5.27. The number of thioether (sulfide) groups is 1. The summed E-state index contributed by atoms with van der Waals surface area (Å²) in [7, 11) is -3.05. The number of nitrogens with two attached hydrogens (primary N) is 1. The Morgan fingerprint density at radius 3 is 2.48 bits per heavy atom. The molecule has 180 valence electrons. The maximum absolute atomic E-state index is 14.3. The van der Waals surface area contributed by atoms with Gasteiger partial charge in [0.25, 0.3) is 0 Å². The van der Waals surface area contributed by atoms with Crippen LogP contribution in [0.1, 0.15) is 24.8 Å². The summed E-state index contributed by atoms with van der Waals surface area (Å²) in [6.07, 6.45) is -5.30. The van der Waals surface area contributed by atoms with Crippen molar-refractivity contribution in [1.82, 2.24) is 0 Å². The normalized spacial score (nSPS) is 23.4. The minimum atomic E-state index is -4.70. The van der Waals surface area contributed by atoms with Crippen molar-refractivity contribution in [2.24, 2.45) is 5.14 Å². The van der Waals surface area contributed by atoms with Gasteiger partial charge in [0.2, 0.25) is 21.7 Å². The smallest absolute Gasteiger partial charge is 0.403 e. The van der Waals surface area contributed by atoms with Gasteiger partial charge in [-0.3, -0.25) is 4.79 Å². The molecular formula is C20H19F5N2O4S2. The molecule has 3 atom stereocenters. The molecule has 0 radical (unpaired) electrons. The summed E-state index contributed by atoms with van der Waals surface area (Å²) in [6, 6.07) is 6.72. The number of sulfonamides is 1. The highest BCUT2D eigenvalue weighted by molar-refractivity contribution is 8.02. The predicted molar refractivity (Wildman–Crippen MR) is 113 cm³/mol. The second-order valence-corrected chi connectivity index (χ2v) is 10.8. The SMILES string of the molecule is COc1c([C@H]2C[C@@](C)(C(F)(F)F)S[C@@H]2C(=O)Nc2cccc(S(N)(=O)=O)c2)ccc(F)c1F. The Morgan fingerprint density at radius 2 is 1.91 bits per heavy atom. The molecule has 13 heteroatoms. The number of methoxy groups -OCH3 is 1. The third-order valence-corrected chi connectivity index (χ3v) is 7.96. The standard InChI is InChI=1S/C20H19F5N2O4S2/c1-19(20(23,24)25)9-13(12-6-7-14(21)15(22)16(12)31-2)17(32-19)18(28)27-10-4-3-5-11(8-10)33(26,29)30/h3-8,13,17H,9H2,1-2H3,(H,27,28)(H2,26,29,30)/t13-,17+,19+/m1/s1. The van der Waals surface area contributed by atoms with Crippen molar-refractivity contribution in [1.29, 1.82) is 0 Å². The van der Waals surface area contributed by atoms with Crippen LogP contribution in [0.3, 0.4) is 0 Å². The average Bonchev–Trinajstić information content (AvgIpc) is 3.08. The van der Waals surface area contributed by atoms with Gasteiger partial charge in [-0.1, -0.05) is 12.1 Å². The van der Waals surface area contributed by atoms with Crippen LogP contribution < -0.4 is 15.2 Å². The molecule has 0 bridgehead atoms. The first kappa shape index (κ1) is 25.2. The van der Waals surface area contributed by atoms with Gasteiger partial charge in [0.15, 0.2) is 11.6 Å². The number of carbonyl (C=O) groups is 1. The monoisotopic (exact) mass is 510 g/mol. The zero-order chi connectivity index (χ0) is 24.8. The van der Waals surface area contributed by atoms with Gasteiger partial charge in [0.1, 0.15) is 4.75 Å². The van der Waals surface area contributed by atoms with E-state index in [0.717, 1.165) is 32.2 Å². The highest BCUT2D eigenvalue weighted by atomic mass is 32.2. The van der Waals surface area contributed by atoms with Crippen molar-refractivity contribution >= 4 is 33.4 Å². The quantitative estimate of drug-likeness (QED) is 0.589. The maximum atomic E-state index is 14.3. The highest BCUT2D eigenvalue weighted by Gasteiger charge is 2.60. The second kappa shape index (κ2) is 8.76. The van der Waals surface area contributed by atoms with Crippen LogP contribution in [0.4, 0.5) is 27.6 Å². The molecule has 0 aliphatic carbocycles. The molecule has 1 amide bonds. The van der Waals surface area contributed by atoms with Crippen LogP contribution in [0.15, 0.2) is 41.3 Å². The van der Waals surface area contributed by atoms with Gasteiger partial charge in [-0.25, -0.2) is 17.9 Å². The van der Waals surface area contributed by atoms with E-state index in [1.807, 2.05) is 0 Å². The van der Waals surface area contributed by atoms with Crippen molar-refractivity contribution in [3.8, 4) is 5.75 Å². The first-order valence-corrected chi connectivity index (χ1v) is 11.8. The zero-order valence-electron chi connectivity index (χ0n) is 17.2. The molecule has 1 heterocycles. The molecule has 1 saturated heterocycles. The summed E-state index contributed by atoms with van der Waals surface area (Å²) in [5.41, 5.74) is -0.0981. The van der Waals surface area contributed by atoms with Crippen LogP contribution in [0.5, 0.6) is 5.75 Å². The zero-order valence-corrected chi connectivity index (χ0v) is 18.9. The van der Waals surface area contributed by atoms with Crippen molar-refractivity contribution in [3.63, 3.8) is 0 Å². The third kappa shape index (κ3) is 4.94. The fraction of sp³-hybridized carbons (Fsp3) is 0.350. The van der Waals surface area contributed by atoms with Crippen LogP contribution in [0.2, 0.25) is 0 Å². The van der Waals surface area contributed by atoms with E-state index in [4.69, 9.17) is 9.88 Å². The fourth-order valence-electron chi connectivity index (χ4n) is 3.64. The number of nitrogens with one attached hydrogen (secondary N) is 1. The minimum absolute atomic E-state index is 0.0104. The van der Waals surface area contributed by atoms with Gasteiger partial charge in [-0.2, -0.15) is 17.6 Å². The van der Waals surface area contributed by atoms with Gasteiger partial charge in [-0.15, -0.1) is 11.8 Å². The third-order valence-electron chi connectivity index (χ3n) is 5.33. The molecule has 0 unspecified atom stereocenters. The Labute approximate surface area is 190 Å². The number of carbonyl (C=O) groups excluding carboxylic acids is 1. The summed E-state index contributed by atoms with van der Waals surface area (Å²) >= 11 is 0.337. The molecule has 3 rings (SSSR count). The van der Waals surface area contributed by atoms with E-state index < -0.39 is 61.8 Å². The summed E-state index contributed by atoms with van der Waals surface area (Å²) in [4.78, 5) is 12.7. The van der Waals surface area contributed by atoms with Crippen molar-refractivity contribution in [2.45, 2.75) is 40.3 Å². The van der Waals surface area contributed by atoms with Crippen LogP contribution >= 0.6 is 11.8 Å². The lowest BCUT2D eigenvalue weighted by atomic mass is 9.85. The summed E-state index contributed by atoms with van der Waals surface area (Å²) < 4.78 is 95.0. The average molecular weight is 511 g/mol. The highest BCUT2D eigenvalue weighted by Crippen LogP contribution is 2.59. The molecule has 33 heavy (non-hydrogen) atoms. The van der Waals surface area contributed by atoms with E-state index in [1.165, 1.54) is 18.2 Å². The number of halogens is 5. The molecule has 1 aliphatic rings. The Hall–Kier alpha value is -2.38. The van der Waals surface area contributed by atoms with E-state index in [9.17, 15) is 35.2 Å². The first-order valence-electron chi connectivity index (χ1n) is 9.38. The van der Waals surface area contributed by atoms with Crippen LogP contribution in [0.25, 0.3) is 0 Å². The van der Waals surface area contributed by atoms with Crippen LogP contribution in [-0.4, -0.2) is 37.6 Å². The summed E-state index contributed by atoms with van der Waals surface area (Å²) in [5, 5.41) is 6.08. The number of hydrogen-bond donors (Lipinski definition) is 2. The van der Waals surface area contributed by atoms with Gasteiger partial charge >= 0.3 is 6.18 Å². The number of alkyl halides is 3. The molecule has 1 fully saturated rings. The second-order valence-electron chi connectivity index (χ2n) is 7.62. The molecule has 6 nitrogen and oxygen atoms in total.